The SMILES string of the molecule is CCC(N)C(c1cnn(C)c1)N(C)CC1(N(C)C)CCC1. The molecule has 21 heavy (non-hydrogen) atoms. The van der Waals surface area contributed by atoms with Crippen LogP contribution in [0, 0.1) is 0 Å². The van der Waals surface area contributed by atoms with Gasteiger partial charge >= 0.3 is 0 Å². The lowest BCUT2D eigenvalue weighted by Crippen LogP contribution is -2.58. The third-order valence-corrected chi connectivity index (χ3v) is 5.19. The minimum atomic E-state index is 0.137. The van der Waals surface area contributed by atoms with Gasteiger partial charge in [-0.15, -0.1) is 0 Å². The van der Waals surface area contributed by atoms with Crippen LogP contribution in [0.1, 0.15) is 44.2 Å². The highest BCUT2D eigenvalue weighted by molar-refractivity contribution is 5.14. The van der Waals surface area contributed by atoms with Crippen LogP contribution in [0.15, 0.2) is 12.4 Å². The second kappa shape index (κ2) is 6.46. The summed E-state index contributed by atoms with van der Waals surface area (Å²) >= 11 is 0. The van der Waals surface area contributed by atoms with Crippen LogP contribution in [0.25, 0.3) is 0 Å². The molecule has 1 fully saturated rings. The van der Waals surface area contributed by atoms with E-state index in [0.717, 1.165) is 13.0 Å². The molecule has 2 N–H and O–H groups in total. The third-order valence-electron chi connectivity index (χ3n) is 5.19. The number of hydrogen-bond donors (Lipinski definition) is 1. The highest BCUT2D eigenvalue weighted by atomic mass is 15.3. The second-order valence-corrected chi connectivity index (χ2v) is 6.85. The number of aryl methyl sites for hydroxylation is 1. The largest absolute Gasteiger partial charge is 0.326 e. The summed E-state index contributed by atoms with van der Waals surface area (Å²) in [4.78, 5) is 4.83. The second-order valence-electron chi connectivity index (χ2n) is 6.85. The molecule has 5 heteroatoms. The maximum Gasteiger partial charge on any atom is 0.0538 e. The molecule has 1 aromatic heterocycles. The number of nitrogens with zero attached hydrogens (tertiary/aromatic N) is 4. The number of hydrogen-bond acceptors (Lipinski definition) is 4. The lowest BCUT2D eigenvalue weighted by molar-refractivity contribution is 0.0121. The number of aromatic nitrogens is 2. The third kappa shape index (κ3) is 3.30. The van der Waals surface area contributed by atoms with Gasteiger partial charge in [-0.05, 0) is 46.8 Å². The molecular weight excluding hydrogens is 262 g/mol. The van der Waals surface area contributed by atoms with Gasteiger partial charge in [0.25, 0.3) is 0 Å². The van der Waals surface area contributed by atoms with Gasteiger partial charge in [0.1, 0.15) is 0 Å². The Balaban J connectivity index is 2.16. The average Bonchev–Trinajstić information content (AvgIpc) is 2.79. The molecule has 0 bridgehead atoms. The van der Waals surface area contributed by atoms with Crippen molar-refractivity contribution >= 4 is 0 Å². The fourth-order valence-corrected chi connectivity index (χ4v) is 3.54. The minimum Gasteiger partial charge on any atom is -0.326 e. The Hall–Kier alpha value is -0.910. The Morgan fingerprint density at radius 2 is 2.05 bits per heavy atom. The molecule has 1 aliphatic carbocycles. The van der Waals surface area contributed by atoms with E-state index in [2.05, 4.69) is 49.2 Å². The van der Waals surface area contributed by atoms with Crippen LogP contribution in [0.5, 0.6) is 0 Å². The van der Waals surface area contributed by atoms with Gasteiger partial charge in [0, 0.05) is 36.9 Å². The van der Waals surface area contributed by atoms with Crippen molar-refractivity contribution < 1.29 is 0 Å². The number of likely N-dealkylation sites (N-methyl/N-ethyl adjacent to an activating group) is 2. The van der Waals surface area contributed by atoms with E-state index in [-0.39, 0.29) is 12.1 Å². The normalized spacial score (nSPS) is 20.6. The van der Waals surface area contributed by atoms with E-state index in [9.17, 15) is 0 Å². The summed E-state index contributed by atoms with van der Waals surface area (Å²) < 4.78 is 1.86. The maximum absolute atomic E-state index is 6.42. The summed E-state index contributed by atoms with van der Waals surface area (Å²) in [6.07, 6.45) is 8.93. The molecule has 0 spiro atoms. The van der Waals surface area contributed by atoms with E-state index in [1.54, 1.807) is 0 Å². The molecule has 5 nitrogen and oxygen atoms in total. The molecule has 0 aliphatic heterocycles. The van der Waals surface area contributed by atoms with Crippen molar-refractivity contribution in [2.45, 2.75) is 50.2 Å². The summed E-state index contributed by atoms with van der Waals surface area (Å²) in [5.41, 5.74) is 7.97. The zero-order chi connectivity index (χ0) is 15.6. The van der Waals surface area contributed by atoms with E-state index in [0.29, 0.717) is 5.54 Å². The van der Waals surface area contributed by atoms with Crippen LogP contribution in [0.3, 0.4) is 0 Å². The summed E-state index contributed by atoms with van der Waals surface area (Å²) in [6, 6.07) is 0.375. The van der Waals surface area contributed by atoms with Gasteiger partial charge in [0.2, 0.25) is 0 Å². The predicted octanol–water partition coefficient (Wildman–Crippen LogP) is 1.61. The fraction of sp³-hybridized carbons (Fsp3) is 0.812. The first-order valence-corrected chi connectivity index (χ1v) is 8.01. The summed E-state index contributed by atoms with van der Waals surface area (Å²) in [6.45, 7) is 3.22. The summed E-state index contributed by atoms with van der Waals surface area (Å²) in [5.74, 6) is 0. The molecule has 0 aromatic carbocycles. The van der Waals surface area contributed by atoms with Gasteiger partial charge in [-0.3, -0.25) is 9.58 Å². The zero-order valence-corrected chi connectivity index (χ0v) is 14.2. The highest BCUT2D eigenvalue weighted by Gasteiger charge is 2.41. The average molecular weight is 293 g/mol. The number of nitrogens with two attached hydrogens (primary N) is 1. The first-order chi connectivity index (χ1) is 9.89. The van der Waals surface area contributed by atoms with E-state index < -0.39 is 0 Å². The van der Waals surface area contributed by atoms with Gasteiger partial charge < -0.3 is 10.6 Å². The quantitative estimate of drug-likeness (QED) is 0.830. The summed E-state index contributed by atoms with van der Waals surface area (Å²) in [7, 11) is 8.57. The van der Waals surface area contributed by atoms with Gasteiger partial charge in [0.05, 0.1) is 12.2 Å². The van der Waals surface area contributed by atoms with E-state index >= 15 is 0 Å². The van der Waals surface area contributed by atoms with Crippen molar-refractivity contribution in [2.75, 3.05) is 27.7 Å². The molecular formula is C16H31N5. The maximum atomic E-state index is 6.42. The Morgan fingerprint density at radius 1 is 1.38 bits per heavy atom. The Labute approximate surface area is 129 Å². The van der Waals surface area contributed by atoms with Gasteiger partial charge in [-0.2, -0.15) is 5.10 Å². The van der Waals surface area contributed by atoms with Crippen molar-refractivity contribution in [2.24, 2.45) is 12.8 Å². The van der Waals surface area contributed by atoms with Gasteiger partial charge in [0.15, 0.2) is 0 Å². The standard InChI is InChI=1S/C16H31N5/c1-6-14(17)15(13-10-18-21(5)11-13)20(4)12-16(19(2)3)8-7-9-16/h10-11,14-15H,6-9,12,17H2,1-5H3. The van der Waals surface area contributed by atoms with E-state index in [4.69, 9.17) is 5.73 Å². The van der Waals surface area contributed by atoms with Crippen LogP contribution >= 0.6 is 0 Å². The molecule has 0 radical (unpaired) electrons. The Kier molecular flexibility index (Phi) is 5.07. The highest BCUT2D eigenvalue weighted by Crippen LogP contribution is 2.38. The van der Waals surface area contributed by atoms with Crippen molar-refractivity contribution in [3.05, 3.63) is 18.0 Å². The molecule has 120 valence electrons. The Bertz CT molecular complexity index is 449. The molecule has 2 atom stereocenters. The minimum absolute atomic E-state index is 0.137. The topological polar surface area (TPSA) is 50.3 Å². The molecule has 1 heterocycles. The molecule has 0 saturated heterocycles. The van der Waals surface area contributed by atoms with Crippen LogP contribution < -0.4 is 5.73 Å². The van der Waals surface area contributed by atoms with E-state index in [1.165, 1.54) is 24.8 Å². The molecule has 1 saturated carbocycles. The first-order valence-electron chi connectivity index (χ1n) is 8.01. The van der Waals surface area contributed by atoms with Crippen molar-refractivity contribution in [3.8, 4) is 0 Å². The van der Waals surface area contributed by atoms with Crippen LogP contribution in [0.2, 0.25) is 0 Å². The van der Waals surface area contributed by atoms with E-state index in [1.807, 2.05) is 17.9 Å². The molecule has 0 amide bonds. The fourth-order valence-electron chi connectivity index (χ4n) is 3.54. The number of rotatable bonds is 7. The van der Waals surface area contributed by atoms with Gasteiger partial charge in [-0.25, -0.2) is 0 Å². The monoisotopic (exact) mass is 293 g/mol. The Morgan fingerprint density at radius 3 is 2.43 bits per heavy atom. The van der Waals surface area contributed by atoms with Crippen LogP contribution in [0.4, 0.5) is 0 Å². The van der Waals surface area contributed by atoms with Crippen molar-refractivity contribution in [1.82, 2.24) is 19.6 Å². The zero-order valence-electron chi connectivity index (χ0n) is 14.2. The molecule has 1 aliphatic rings. The molecule has 1 aromatic rings. The van der Waals surface area contributed by atoms with Crippen LogP contribution in [-0.4, -0.2) is 58.8 Å². The molecule has 2 unspecified atom stereocenters. The lowest BCUT2D eigenvalue weighted by atomic mass is 9.75. The predicted molar refractivity (Wildman–Crippen MR) is 87.1 cm³/mol. The lowest BCUT2D eigenvalue weighted by Gasteiger charge is -2.50. The molecule has 2 rings (SSSR count). The van der Waals surface area contributed by atoms with Crippen molar-refractivity contribution in [1.29, 1.82) is 0 Å². The summed E-state index contributed by atoms with van der Waals surface area (Å²) in [5, 5.41) is 4.33. The van der Waals surface area contributed by atoms with Gasteiger partial charge in [-0.1, -0.05) is 6.92 Å². The first kappa shape index (κ1) is 16.5. The van der Waals surface area contributed by atoms with Crippen molar-refractivity contribution in [3.63, 3.8) is 0 Å². The van der Waals surface area contributed by atoms with Crippen LogP contribution in [-0.2, 0) is 7.05 Å². The smallest absolute Gasteiger partial charge is 0.0538 e.